The van der Waals surface area contributed by atoms with Crippen molar-refractivity contribution in [1.82, 2.24) is 9.36 Å². The van der Waals surface area contributed by atoms with Gasteiger partial charge in [0.1, 0.15) is 5.82 Å². The monoisotopic (exact) mass is 242 g/mol. The average molecular weight is 242 g/mol. The zero-order chi connectivity index (χ0) is 11.2. The first-order valence-corrected chi connectivity index (χ1v) is 6.53. The van der Waals surface area contributed by atoms with Gasteiger partial charge in [-0.05, 0) is 19.3 Å². The van der Waals surface area contributed by atoms with E-state index in [2.05, 4.69) is 14.7 Å². The maximum atomic E-state index is 5.31. The highest BCUT2D eigenvalue weighted by atomic mass is 32.1. The highest BCUT2D eigenvalue weighted by Crippen LogP contribution is 2.39. The van der Waals surface area contributed by atoms with Crippen LogP contribution in [0, 0.1) is 0 Å². The quantitative estimate of drug-likeness (QED) is 0.670. The van der Waals surface area contributed by atoms with E-state index in [-0.39, 0.29) is 0 Å². The molecule has 3 N–H and O–H groups in total. The van der Waals surface area contributed by atoms with Gasteiger partial charge in [0.25, 0.3) is 0 Å². The van der Waals surface area contributed by atoms with E-state index in [1.165, 1.54) is 24.4 Å². The van der Waals surface area contributed by atoms with Gasteiger partial charge in [0, 0.05) is 37.1 Å². The zero-order valence-electron chi connectivity index (χ0n) is 9.32. The van der Waals surface area contributed by atoms with Crippen LogP contribution in [0.15, 0.2) is 0 Å². The van der Waals surface area contributed by atoms with Crippen molar-refractivity contribution in [2.24, 2.45) is 5.73 Å². The third kappa shape index (κ3) is 3.70. The van der Waals surface area contributed by atoms with E-state index >= 15 is 0 Å². The molecule has 0 atom stereocenters. The topological polar surface area (TPSA) is 73.1 Å². The van der Waals surface area contributed by atoms with Crippen LogP contribution in [0.4, 0.5) is 5.13 Å². The van der Waals surface area contributed by atoms with E-state index in [9.17, 15) is 0 Å². The number of aromatic nitrogens is 2. The third-order valence-corrected chi connectivity index (χ3v) is 3.08. The predicted octanol–water partition coefficient (Wildman–Crippen LogP) is 1.19. The van der Waals surface area contributed by atoms with Crippen LogP contribution in [0.3, 0.4) is 0 Å². The first-order valence-electron chi connectivity index (χ1n) is 5.75. The summed E-state index contributed by atoms with van der Waals surface area (Å²) in [5.74, 6) is 1.66. The smallest absolute Gasteiger partial charge is 0.202 e. The van der Waals surface area contributed by atoms with Crippen molar-refractivity contribution in [2.45, 2.75) is 25.2 Å². The van der Waals surface area contributed by atoms with Crippen LogP contribution < -0.4 is 11.1 Å². The number of anilines is 1. The van der Waals surface area contributed by atoms with Crippen LogP contribution in [-0.4, -0.2) is 35.7 Å². The number of nitrogens with two attached hydrogens (primary N) is 1. The second-order valence-electron chi connectivity index (χ2n) is 3.91. The molecule has 0 spiro atoms. The maximum Gasteiger partial charge on any atom is 0.202 e. The fourth-order valence-electron chi connectivity index (χ4n) is 1.37. The Labute approximate surface area is 99.6 Å². The van der Waals surface area contributed by atoms with Crippen molar-refractivity contribution < 1.29 is 4.74 Å². The molecule has 5 nitrogen and oxygen atoms in total. The molecule has 1 aliphatic rings. The summed E-state index contributed by atoms with van der Waals surface area (Å²) in [6, 6.07) is 0. The molecule has 2 rings (SSSR count). The number of rotatable bonds is 8. The fraction of sp³-hybridized carbons (Fsp3) is 0.800. The van der Waals surface area contributed by atoms with Crippen molar-refractivity contribution in [3.05, 3.63) is 5.82 Å². The van der Waals surface area contributed by atoms with Crippen LogP contribution in [-0.2, 0) is 4.74 Å². The van der Waals surface area contributed by atoms with Gasteiger partial charge in [-0.3, -0.25) is 0 Å². The molecule has 0 aliphatic heterocycles. The number of hydrogen-bond donors (Lipinski definition) is 2. The second-order valence-corrected chi connectivity index (χ2v) is 4.67. The van der Waals surface area contributed by atoms with Crippen LogP contribution in [0.1, 0.15) is 31.0 Å². The van der Waals surface area contributed by atoms with E-state index in [0.29, 0.717) is 19.1 Å². The Balaban J connectivity index is 1.57. The summed E-state index contributed by atoms with van der Waals surface area (Å²) in [5, 5.41) is 4.19. The summed E-state index contributed by atoms with van der Waals surface area (Å²) in [6.45, 7) is 2.86. The molecule has 1 aromatic rings. The summed E-state index contributed by atoms with van der Waals surface area (Å²) in [4.78, 5) is 4.44. The Morgan fingerprint density at radius 2 is 2.31 bits per heavy atom. The molecule has 1 aliphatic carbocycles. The molecule has 0 unspecified atom stereocenters. The highest BCUT2D eigenvalue weighted by molar-refractivity contribution is 7.09. The lowest BCUT2D eigenvalue weighted by atomic mass is 10.4. The summed E-state index contributed by atoms with van der Waals surface area (Å²) in [7, 11) is 0. The minimum absolute atomic E-state index is 0.592. The number of nitrogens with one attached hydrogen (secondary N) is 1. The van der Waals surface area contributed by atoms with Gasteiger partial charge in [-0.15, -0.1) is 0 Å². The largest absolute Gasteiger partial charge is 0.380 e. The fourth-order valence-corrected chi connectivity index (χ4v) is 2.04. The zero-order valence-corrected chi connectivity index (χ0v) is 10.1. The number of hydrogen-bond acceptors (Lipinski definition) is 6. The van der Waals surface area contributed by atoms with E-state index in [0.717, 1.165) is 30.5 Å². The van der Waals surface area contributed by atoms with Crippen molar-refractivity contribution in [3.8, 4) is 0 Å². The van der Waals surface area contributed by atoms with Crippen molar-refractivity contribution in [3.63, 3.8) is 0 Å². The number of ether oxygens (including phenoxy) is 1. The maximum absolute atomic E-state index is 5.31. The SMILES string of the molecule is NCCOCCCNc1nc(C2CC2)ns1. The van der Waals surface area contributed by atoms with Gasteiger partial charge in [-0.25, -0.2) is 4.98 Å². The molecule has 16 heavy (non-hydrogen) atoms. The molecule has 0 bridgehead atoms. The standard InChI is InChI=1S/C10H18N4OS/c11-4-7-15-6-1-5-12-10-13-9(14-16-10)8-2-3-8/h8H,1-7,11H2,(H,12,13,14). The molecule has 1 heterocycles. The van der Waals surface area contributed by atoms with Gasteiger partial charge in [0.15, 0.2) is 0 Å². The molecule has 0 aromatic carbocycles. The lowest BCUT2D eigenvalue weighted by molar-refractivity contribution is 0.141. The van der Waals surface area contributed by atoms with Crippen LogP contribution in [0.25, 0.3) is 0 Å². The lowest BCUT2D eigenvalue weighted by Crippen LogP contribution is -2.11. The summed E-state index contributed by atoms with van der Waals surface area (Å²) >= 11 is 1.45. The van der Waals surface area contributed by atoms with E-state index in [1.807, 2.05) is 0 Å². The van der Waals surface area contributed by atoms with Gasteiger partial charge in [0.2, 0.25) is 5.13 Å². The van der Waals surface area contributed by atoms with Gasteiger partial charge < -0.3 is 15.8 Å². The van der Waals surface area contributed by atoms with Crippen LogP contribution >= 0.6 is 11.5 Å². The van der Waals surface area contributed by atoms with Crippen molar-refractivity contribution >= 4 is 16.7 Å². The molecular formula is C10H18N4OS. The van der Waals surface area contributed by atoms with Gasteiger partial charge in [-0.1, -0.05) is 0 Å². The van der Waals surface area contributed by atoms with Gasteiger partial charge in [0.05, 0.1) is 6.61 Å². The Morgan fingerprint density at radius 3 is 3.06 bits per heavy atom. The molecule has 0 saturated heterocycles. The lowest BCUT2D eigenvalue weighted by Gasteiger charge is -2.02. The molecular weight excluding hydrogens is 224 g/mol. The Hall–Kier alpha value is -0.720. The highest BCUT2D eigenvalue weighted by Gasteiger charge is 2.27. The van der Waals surface area contributed by atoms with E-state index < -0.39 is 0 Å². The minimum Gasteiger partial charge on any atom is -0.380 e. The summed E-state index contributed by atoms with van der Waals surface area (Å²) in [6.07, 6.45) is 3.48. The van der Waals surface area contributed by atoms with E-state index in [4.69, 9.17) is 10.5 Å². The van der Waals surface area contributed by atoms with E-state index in [1.54, 1.807) is 0 Å². The molecule has 1 fully saturated rings. The third-order valence-electron chi connectivity index (χ3n) is 2.39. The second kappa shape index (κ2) is 6.12. The molecule has 1 saturated carbocycles. The Kier molecular flexibility index (Phi) is 4.50. The first-order chi connectivity index (χ1) is 7.90. The minimum atomic E-state index is 0.592. The summed E-state index contributed by atoms with van der Waals surface area (Å²) in [5.41, 5.74) is 5.31. The molecule has 0 radical (unpaired) electrons. The average Bonchev–Trinajstić information content (AvgIpc) is 3.04. The Bertz CT molecular complexity index is 314. The normalized spacial score (nSPS) is 15.3. The molecule has 1 aromatic heterocycles. The predicted molar refractivity (Wildman–Crippen MR) is 64.9 cm³/mol. The molecule has 90 valence electrons. The van der Waals surface area contributed by atoms with Crippen LogP contribution in [0.5, 0.6) is 0 Å². The van der Waals surface area contributed by atoms with Crippen LogP contribution in [0.2, 0.25) is 0 Å². The first kappa shape index (κ1) is 11.8. The summed E-state index contributed by atoms with van der Waals surface area (Å²) < 4.78 is 9.60. The number of nitrogens with zero attached hydrogens (tertiary/aromatic N) is 2. The molecule has 6 heteroatoms. The molecule has 0 amide bonds. The van der Waals surface area contributed by atoms with Gasteiger partial charge >= 0.3 is 0 Å². The van der Waals surface area contributed by atoms with Crippen molar-refractivity contribution in [2.75, 3.05) is 31.6 Å². The van der Waals surface area contributed by atoms with Crippen molar-refractivity contribution in [1.29, 1.82) is 0 Å². The van der Waals surface area contributed by atoms with Gasteiger partial charge in [-0.2, -0.15) is 4.37 Å². The Morgan fingerprint density at radius 1 is 1.44 bits per heavy atom.